The van der Waals surface area contributed by atoms with Gasteiger partial charge in [0, 0.05) is 32.6 Å². The number of amides is 2. The highest BCUT2D eigenvalue weighted by molar-refractivity contribution is 5.77. The second kappa shape index (κ2) is 4.91. The molecule has 5 nitrogen and oxygen atoms in total. The molecule has 0 aliphatic carbocycles. The standard InChI is InChI=1S/C16H21N3O2/c1-11-2-3-15-12(6-11)7-14(21-15)10-18-9-13-8-17-4-5-19(13)16(18)20/h2-3,6,13-14,17H,4-5,7-10H2,1H3. The number of aryl methyl sites for hydroxylation is 1. The molecular formula is C16H21N3O2. The second-order valence-corrected chi connectivity index (χ2v) is 6.29. The summed E-state index contributed by atoms with van der Waals surface area (Å²) < 4.78 is 6.00. The number of nitrogens with zero attached hydrogens (tertiary/aromatic N) is 2. The minimum Gasteiger partial charge on any atom is -0.488 e. The zero-order valence-corrected chi connectivity index (χ0v) is 12.3. The maximum absolute atomic E-state index is 12.4. The first kappa shape index (κ1) is 13.0. The normalized spacial score (nSPS) is 27.6. The van der Waals surface area contributed by atoms with E-state index in [0.717, 1.165) is 38.3 Å². The molecule has 2 unspecified atom stereocenters. The lowest BCUT2D eigenvalue weighted by Gasteiger charge is -2.28. The Hall–Kier alpha value is -1.75. The first-order valence-electron chi connectivity index (χ1n) is 7.73. The number of hydrogen-bond donors (Lipinski definition) is 1. The van der Waals surface area contributed by atoms with Gasteiger partial charge < -0.3 is 19.9 Å². The summed E-state index contributed by atoms with van der Waals surface area (Å²) in [7, 11) is 0. The number of rotatable bonds is 2. The van der Waals surface area contributed by atoms with Gasteiger partial charge in [-0.3, -0.25) is 0 Å². The summed E-state index contributed by atoms with van der Waals surface area (Å²) in [5.41, 5.74) is 2.53. The van der Waals surface area contributed by atoms with Crippen LogP contribution in [-0.4, -0.2) is 60.7 Å². The SMILES string of the molecule is Cc1ccc2c(c1)CC(CN1CC3CNCCN3C1=O)O2. The van der Waals surface area contributed by atoms with Crippen molar-refractivity contribution < 1.29 is 9.53 Å². The fourth-order valence-electron chi connectivity index (χ4n) is 3.64. The van der Waals surface area contributed by atoms with Gasteiger partial charge in [-0.05, 0) is 18.6 Å². The van der Waals surface area contributed by atoms with Crippen LogP contribution in [0.25, 0.3) is 0 Å². The molecule has 21 heavy (non-hydrogen) atoms. The van der Waals surface area contributed by atoms with Crippen LogP contribution in [0.4, 0.5) is 4.79 Å². The Kier molecular flexibility index (Phi) is 3.03. The van der Waals surface area contributed by atoms with Gasteiger partial charge in [0.2, 0.25) is 0 Å². The number of fused-ring (bicyclic) bond motifs is 2. The van der Waals surface area contributed by atoms with Gasteiger partial charge in [0.15, 0.2) is 0 Å². The molecule has 2 amide bonds. The first-order chi connectivity index (χ1) is 10.2. The first-order valence-corrected chi connectivity index (χ1v) is 7.73. The Bertz CT molecular complexity index is 575. The Morgan fingerprint density at radius 3 is 3.19 bits per heavy atom. The lowest BCUT2D eigenvalue weighted by molar-refractivity contribution is 0.156. The van der Waals surface area contributed by atoms with Gasteiger partial charge in [0.1, 0.15) is 11.9 Å². The van der Waals surface area contributed by atoms with Crippen molar-refractivity contribution in [2.24, 2.45) is 0 Å². The predicted octanol–water partition coefficient (Wildman–Crippen LogP) is 1.01. The fraction of sp³-hybridized carbons (Fsp3) is 0.562. The predicted molar refractivity (Wildman–Crippen MR) is 79.6 cm³/mol. The third-order valence-corrected chi connectivity index (χ3v) is 4.68. The molecule has 0 spiro atoms. The van der Waals surface area contributed by atoms with Gasteiger partial charge in [-0.25, -0.2) is 4.79 Å². The van der Waals surface area contributed by atoms with Gasteiger partial charge in [0.25, 0.3) is 0 Å². The van der Waals surface area contributed by atoms with Gasteiger partial charge >= 0.3 is 6.03 Å². The molecule has 112 valence electrons. The van der Waals surface area contributed by atoms with Crippen molar-refractivity contribution in [3.8, 4) is 5.75 Å². The van der Waals surface area contributed by atoms with E-state index in [2.05, 4.69) is 24.4 Å². The van der Waals surface area contributed by atoms with Crippen LogP contribution in [0.1, 0.15) is 11.1 Å². The maximum atomic E-state index is 12.4. The molecule has 1 aromatic rings. The molecule has 1 aromatic carbocycles. The Labute approximate surface area is 124 Å². The van der Waals surface area contributed by atoms with Crippen LogP contribution in [0, 0.1) is 6.92 Å². The van der Waals surface area contributed by atoms with Crippen molar-refractivity contribution in [1.29, 1.82) is 0 Å². The Morgan fingerprint density at radius 1 is 1.43 bits per heavy atom. The summed E-state index contributed by atoms with van der Waals surface area (Å²) in [6.07, 6.45) is 1.00. The van der Waals surface area contributed by atoms with E-state index in [9.17, 15) is 4.79 Å². The molecule has 3 heterocycles. The molecule has 0 bridgehead atoms. The summed E-state index contributed by atoms with van der Waals surface area (Å²) in [4.78, 5) is 16.4. The van der Waals surface area contributed by atoms with E-state index >= 15 is 0 Å². The van der Waals surface area contributed by atoms with Gasteiger partial charge in [0.05, 0.1) is 12.6 Å². The number of hydrogen-bond acceptors (Lipinski definition) is 3. The highest BCUT2D eigenvalue weighted by atomic mass is 16.5. The largest absolute Gasteiger partial charge is 0.488 e. The number of piperazine rings is 1. The van der Waals surface area contributed by atoms with Crippen LogP contribution in [0.5, 0.6) is 5.75 Å². The maximum Gasteiger partial charge on any atom is 0.320 e. The number of carbonyl (C=O) groups excluding carboxylic acids is 1. The number of urea groups is 1. The smallest absolute Gasteiger partial charge is 0.320 e. The topological polar surface area (TPSA) is 44.8 Å². The molecule has 1 N–H and O–H groups in total. The van der Waals surface area contributed by atoms with Crippen LogP contribution in [-0.2, 0) is 6.42 Å². The van der Waals surface area contributed by atoms with E-state index in [4.69, 9.17) is 4.74 Å². The molecule has 3 aliphatic heterocycles. The summed E-state index contributed by atoms with van der Waals surface area (Å²) in [6, 6.07) is 6.82. The molecule has 4 rings (SSSR count). The van der Waals surface area contributed by atoms with Gasteiger partial charge in [-0.2, -0.15) is 0 Å². The van der Waals surface area contributed by atoms with Crippen LogP contribution >= 0.6 is 0 Å². The molecule has 3 aliphatic rings. The highest BCUT2D eigenvalue weighted by Gasteiger charge is 2.40. The zero-order valence-electron chi connectivity index (χ0n) is 12.3. The average molecular weight is 287 g/mol. The van der Waals surface area contributed by atoms with E-state index < -0.39 is 0 Å². The van der Waals surface area contributed by atoms with Crippen LogP contribution in [0.15, 0.2) is 18.2 Å². The van der Waals surface area contributed by atoms with Crippen LogP contribution in [0.2, 0.25) is 0 Å². The molecule has 0 aromatic heterocycles. The molecule has 2 fully saturated rings. The van der Waals surface area contributed by atoms with Crippen molar-refractivity contribution in [1.82, 2.24) is 15.1 Å². The number of ether oxygens (including phenoxy) is 1. The van der Waals surface area contributed by atoms with Crippen molar-refractivity contribution in [3.05, 3.63) is 29.3 Å². The van der Waals surface area contributed by atoms with E-state index in [1.54, 1.807) is 0 Å². The zero-order chi connectivity index (χ0) is 14.4. The lowest BCUT2D eigenvalue weighted by atomic mass is 10.1. The number of carbonyl (C=O) groups is 1. The van der Waals surface area contributed by atoms with E-state index in [1.807, 2.05) is 15.9 Å². The van der Waals surface area contributed by atoms with Crippen molar-refractivity contribution >= 4 is 6.03 Å². The number of nitrogens with one attached hydrogen (secondary N) is 1. The molecular weight excluding hydrogens is 266 g/mol. The summed E-state index contributed by atoms with van der Waals surface area (Å²) in [6.45, 7) is 6.25. The van der Waals surface area contributed by atoms with E-state index in [1.165, 1.54) is 11.1 Å². The third kappa shape index (κ3) is 2.25. The minimum absolute atomic E-state index is 0.0973. The van der Waals surface area contributed by atoms with Gasteiger partial charge in [-0.15, -0.1) is 0 Å². The van der Waals surface area contributed by atoms with Crippen molar-refractivity contribution in [2.45, 2.75) is 25.5 Å². The Balaban J connectivity index is 1.43. The second-order valence-electron chi connectivity index (χ2n) is 6.29. The minimum atomic E-state index is 0.0973. The van der Waals surface area contributed by atoms with E-state index in [-0.39, 0.29) is 12.1 Å². The average Bonchev–Trinajstić information content (AvgIpc) is 3.01. The molecule has 2 atom stereocenters. The van der Waals surface area contributed by atoms with Crippen LogP contribution < -0.4 is 10.1 Å². The van der Waals surface area contributed by atoms with Gasteiger partial charge in [-0.1, -0.05) is 17.7 Å². The monoisotopic (exact) mass is 287 g/mol. The lowest BCUT2D eigenvalue weighted by Crippen LogP contribution is -2.50. The third-order valence-electron chi connectivity index (χ3n) is 4.68. The number of benzene rings is 1. The fourth-order valence-corrected chi connectivity index (χ4v) is 3.64. The summed E-state index contributed by atoms with van der Waals surface area (Å²) in [5, 5.41) is 3.36. The highest BCUT2D eigenvalue weighted by Crippen LogP contribution is 2.30. The van der Waals surface area contributed by atoms with E-state index in [0.29, 0.717) is 12.6 Å². The van der Waals surface area contributed by atoms with Crippen LogP contribution in [0.3, 0.4) is 0 Å². The molecule has 0 saturated carbocycles. The molecule has 0 radical (unpaired) electrons. The summed E-state index contributed by atoms with van der Waals surface area (Å²) in [5.74, 6) is 0.983. The Morgan fingerprint density at radius 2 is 2.33 bits per heavy atom. The molecule has 5 heteroatoms. The molecule has 2 saturated heterocycles. The van der Waals surface area contributed by atoms with Crippen molar-refractivity contribution in [3.63, 3.8) is 0 Å². The van der Waals surface area contributed by atoms with Crippen molar-refractivity contribution in [2.75, 3.05) is 32.7 Å². The summed E-state index contributed by atoms with van der Waals surface area (Å²) >= 11 is 0. The quantitative estimate of drug-likeness (QED) is 0.883.